The van der Waals surface area contributed by atoms with Crippen LogP contribution in [0.25, 0.3) is 0 Å². The smallest absolute Gasteiger partial charge is 0.312 e. The predicted molar refractivity (Wildman–Crippen MR) is 83.2 cm³/mol. The quantitative estimate of drug-likeness (QED) is 0.786. The van der Waals surface area contributed by atoms with Gasteiger partial charge in [0.25, 0.3) is 0 Å². The third-order valence-electron chi connectivity index (χ3n) is 3.92. The molecule has 2 amide bonds. The van der Waals surface area contributed by atoms with Gasteiger partial charge in [-0.25, -0.2) is 0 Å². The molecule has 1 fully saturated rings. The zero-order valence-electron chi connectivity index (χ0n) is 12.8. The third-order valence-corrected chi connectivity index (χ3v) is 3.92. The van der Waals surface area contributed by atoms with Crippen molar-refractivity contribution in [2.75, 3.05) is 44.2 Å². The highest BCUT2D eigenvalue weighted by Crippen LogP contribution is 2.15. The van der Waals surface area contributed by atoms with Crippen LogP contribution < -0.4 is 4.90 Å². The minimum atomic E-state index is -0.381. The minimum Gasteiger partial charge on any atom is -0.368 e. The summed E-state index contributed by atoms with van der Waals surface area (Å²) in [5.74, 6) is -0.750. The molecule has 5 heteroatoms. The van der Waals surface area contributed by atoms with Crippen molar-refractivity contribution in [1.29, 1.82) is 0 Å². The average Bonchev–Trinajstić information content (AvgIpc) is 2.56. The highest BCUT2D eigenvalue weighted by Gasteiger charge is 2.28. The average molecular weight is 289 g/mol. The fourth-order valence-corrected chi connectivity index (χ4v) is 2.59. The summed E-state index contributed by atoms with van der Waals surface area (Å²) in [7, 11) is 0. The Morgan fingerprint density at radius 2 is 1.57 bits per heavy atom. The van der Waals surface area contributed by atoms with E-state index in [1.165, 1.54) is 5.69 Å². The molecule has 0 unspecified atom stereocenters. The lowest BCUT2D eigenvalue weighted by Crippen LogP contribution is -2.53. The Kier molecular flexibility index (Phi) is 5.20. The topological polar surface area (TPSA) is 43.9 Å². The zero-order chi connectivity index (χ0) is 15.2. The Bertz CT molecular complexity index is 478. The zero-order valence-corrected chi connectivity index (χ0v) is 12.8. The standard InChI is InChI=1S/C16H23N3O2/c1-3-17(4-2)15(20)16(21)19-12-10-18(11-13-19)14-8-6-5-7-9-14/h5-9H,3-4,10-13H2,1-2H3. The first kappa shape index (κ1) is 15.4. The van der Waals surface area contributed by atoms with E-state index in [0.717, 1.165) is 13.1 Å². The van der Waals surface area contributed by atoms with E-state index in [4.69, 9.17) is 0 Å². The predicted octanol–water partition coefficient (Wildman–Crippen LogP) is 1.20. The molecule has 0 aliphatic carbocycles. The van der Waals surface area contributed by atoms with Crippen molar-refractivity contribution in [3.63, 3.8) is 0 Å². The van der Waals surface area contributed by atoms with Crippen molar-refractivity contribution in [3.05, 3.63) is 30.3 Å². The van der Waals surface area contributed by atoms with E-state index in [2.05, 4.69) is 17.0 Å². The molecule has 0 N–H and O–H groups in total. The number of anilines is 1. The van der Waals surface area contributed by atoms with Crippen LogP contribution in [-0.4, -0.2) is 60.9 Å². The highest BCUT2D eigenvalue weighted by molar-refractivity contribution is 6.34. The lowest BCUT2D eigenvalue weighted by atomic mass is 10.2. The summed E-state index contributed by atoms with van der Waals surface area (Å²) >= 11 is 0. The largest absolute Gasteiger partial charge is 0.368 e. The van der Waals surface area contributed by atoms with Crippen LogP contribution >= 0.6 is 0 Å². The third kappa shape index (κ3) is 3.54. The molecule has 1 saturated heterocycles. The monoisotopic (exact) mass is 289 g/mol. The molecule has 1 heterocycles. The van der Waals surface area contributed by atoms with Crippen molar-refractivity contribution in [2.24, 2.45) is 0 Å². The van der Waals surface area contributed by atoms with Crippen molar-refractivity contribution in [3.8, 4) is 0 Å². The first-order valence-electron chi connectivity index (χ1n) is 7.55. The maximum absolute atomic E-state index is 12.2. The van der Waals surface area contributed by atoms with Crippen molar-refractivity contribution >= 4 is 17.5 Å². The SMILES string of the molecule is CCN(CC)C(=O)C(=O)N1CCN(c2ccccc2)CC1. The van der Waals surface area contributed by atoms with E-state index in [9.17, 15) is 9.59 Å². The normalized spacial score (nSPS) is 15.0. The van der Waals surface area contributed by atoms with Gasteiger partial charge in [-0.3, -0.25) is 9.59 Å². The summed E-state index contributed by atoms with van der Waals surface area (Å²) in [4.78, 5) is 29.8. The molecule has 21 heavy (non-hydrogen) atoms. The van der Waals surface area contributed by atoms with E-state index in [1.807, 2.05) is 32.0 Å². The number of carbonyl (C=O) groups excluding carboxylic acids is 2. The van der Waals surface area contributed by atoms with Gasteiger partial charge in [0, 0.05) is 45.0 Å². The number of carbonyl (C=O) groups is 2. The van der Waals surface area contributed by atoms with Gasteiger partial charge in [0.15, 0.2) is 0 Å². The fraction of sp³-hybridized carbons (Fsp3) is 0.500. The van der Waals surface area contributed by atoms with Gasteiger partial charge in [-0.2, -0.15) is 0 Å². The Morgan fingerprint density at radius 3 is 2.10 bits per heavy atom. The number of hydrogen-bond donors (Lipinski definition) is 0. The van der Waals surface area contributed by atoms with Crippen LogP contribution in [0.5, 0.6) is 0 Å². The molecule has 0 bridgehead atoms. The van der Waals surface area contributed by atoms with E-state index in [-0.39, 0.29) is 11.8 Å². The summed E-state index contributed by atoms with van der Waals surface area (Å²) in [6.07, 6.45) is 0. The number of amides is 2. The van der Waals surface area contributed by atoms with Crippen molar-refractivity contribution in [2.45, 2.75) is 13.8 Å². The van der Waals surface area contributed by atoms with Crippen LogP contribution in [0.2, 0.25) is 0 Å². The first-order chi connectivity index (χ1) is 10.2. The number of hydrogen-bond acceptors (Lipinski definition) is 3. The lowest BCUT2D eigenvalue weighted by molar-refractivity contribution is -0.151. The maximum Gasteiger partial charge on any atom is 0.312 e. The highest BCUT2D eigenvalue weighted by atomic mass is 16.2. The van der Waals surface area contributed by atoms with E-state index in [0.29, 0.717) is 26.2 Å². The first-order valence-corrected chi connectivity index (χ1v) is 7.55. The van der Waals surface area contributed by atoms with Crippen LogP contribution in [-0.2, 0) is 9.59 Å². The van der Waals surface area contributed by atoms with Gasteiger partial charge >= 0.3 is 11.8 Å². The summed E-state index contributed by atoms with van der Waals surface area (Å²) in [6, 6.07) is 10.1. The van der Waals surface area contributed by atoms with Gasteiger partial charge < -0.3 is 14.7 Å². The molecule has 0 spiro atoms. The van der Waals surface area contributed by atoms with Gasteiger partial charge in [-0.15, -0.1) is 0 Å². The Balaban J connectivity index is 1.92. The van der Waals surface area contributed by atoms with Crippen LogP contribution in [0, 0.1) is 0 Å². The van der Waals surface area contributed by atoms with Gasteiger partial charge in [0.2, 0.25) is 0 Å². The van der Waals surface area contributed by atoms with E-state index in [1.54, 1.807) is 9.80 Å². The number of nitrogens with zero attached hydrogens (tertiary/aromatic N) is 3. The molecule has 114 valence electrons. The Morgan fingerprint density at radius 1 is 1.00 bits per heavy atom. The number of para-hydroxylation sites is 1. The molecule has 1 aromatic rings. The molecular weight excluding hydrogens is 266 g/mol. The molecule has 0 aromatic heterocycles. The molecule has 0 saturated carbocycles. The van der Waals surface area contributed by atoms with Gasteiger partial charge in [0.1, 0.15) is 0 Å². The molecule has 1 aromatic carbocycles. The molecule has 2 rings (SSSR count). The second kappa shape index (κ2) is 7.11. The molecular formula is C16H23N3O2. The maximum atomic E-state index is 12.2. The van der Waals surface area contributed by atoms with Gasteiger partial charge in [-0.1, -0.05) is 18.2 Å². The lowest BCUT2D eigenvalue weighted by Gasteiger charge is -2.36. The van der Waals surface area contributed by atoms with E-state index < -0.39 is 0 Å². The number of rotatable bonds is 3. The van der Waals surface area contributed by atoms with E-state index >= 15 is 0 Å². The second-order valence-electron chi connectivity index (χ2n) is 5.09. The molecule has 1 aliphatic heterocycles. The van der Waals surface area contributed by atoms with Crippen LogP contribution in [0.1, 0.15) is 13.8 Å². The summed E-state index contributed by atoms with van der Waals surface area (Å²) < 4.78 is 0. The number of piperazine rings is 1. The molecule has 5 nitrogen and oxygen atoms in total. The summed E-state index contributed by atoms with van der Waals surface area (Å²) in [6.45, 7) is 7.66. The number of likely N-dealkylation sites (N-methyl/N-ethyl adjacent to an activating group) is 1. The van der Waals surface area contributed by atoms with Crippen LogP contribution in [0.15, 0.2) is 30.3 Å². The van der Waals surface area contributed by atoms with Crippen molar-refractivity contribution < 1.29 is 9.59 Å². The van der Waals surface area contributed by atoms with Gasteiger partial charge in [-0.05, 0) is 26.0 Å². The van der Waals surface area contributed by atoms with Crippen molar-refractivity contribution in [1.82, 2.24) is 9.80 Å². The minimum absolute atomic E-state index is 0.369. The van der Waals surface area contributed by atoms with Crippen LogP contribution in [0.3, 0.4) is 0 Å². The Hall–Kier alpha value is -2.04. The fourth-order valence-electron chi connectivity index (χ4n) is 2.59. The second-order valence-corrected chi connectivity index (χ2v) is 5.09. The number of benzene rings is 1. The molecule has 1 aliphatic rings. The summed E-state index contributed by atoms with van der Waals surface area (Å²) in [5.41, 5.74) is 1.17. The van der Waals surface area contributed by atoms with Gasteiger partial charge in [0.05, 0.1) is 0 Å². The molecule has 0 radical (unpaired) electrons. The molecule has 0 atom stereocenters. The Labute approximate surface area is 126 Å². The van der Waals surface area contributed by atoms with Crippen LogP contribution in [0.4, 0.5) is 5.69 Å². The summed E-state index contributed by atoms with van der Waals surface area (Å²) in [5, 5.41) is 0.